The summed E-state index contributed by atoms with van der Waals surface area (Å²) in [5.74, 6) is 5.62. The second kappa shape index (κ2) is 7.14. The van der Waals surface area contributed by atoms with E-state index in [0.29, 0.717) is 11.5 Å². The van der Waals surface area contributed by atoms with Crippen LogP contribution in [-0.2, 0) is 0 Å². The number of hydrazine groups is 1. The fourth-order valence-corrected chi connectivity index (χ4v) is 2.34. The molecule has 0 saturated carbocycles. The van der Waals surface area contributed by atoms with Gasteiger partial charge >= 0.3 is 6.36 Å². The Labute approximate surface area is 147 Å². The molecule has 6 nitrogen and oxygen atoms in total. The SMILES string of the molecule is CC(NN)c1ccc(-c2ncn(-c3ccc(OC(F)(F)F)cc3)n2)cc1. The van der Waals surface area contributed by atoms with Crippen molar-refractivity contribution in [2.45, 2.75) is 19.3 Å². The topological polar surface area (TPSA) is 78.0 Å². The Kier molecular flexibility index (Phi) is 4.92. The lowest BCUT2D eigenvalue weighted by molar-refractivity contribution is -0.274. The summed E-state index contributed by atoms with van der Waals surface area (Å²) in [5.41, 5.74) is 5.07. The summed E-state index contributed by atoms with van der Waals surface area (Å²) >= 11 is 0. The van der Waals surface area contributed by atoms with Crippen molar-refractivity contribution in [2.75, 3.05) is 0 Å². The number of halogens is 3. The van der Waals surface area contributed by atoms with Gasteiger partial charge in [-0.25, -0.2) is 9.67 Å². The first-order chi connectivity index (χ1) is 12.4. The smallest absolute Gasteiger partial charge is 0.406 e. The molecule has 26 heavy (non-hydrogen) atoms. The molecule has 9 heteroatoms. The number of ether oxygens (including phenoxy) is 1. The average molecular weight is 363 g/mol. The van der Waals surface area contributed by atoms with Gasteiger partial charge in [-0.05, 0) is 36.8 Å². The first kappa shape index (κ1) is 17.9. The van der Waals surface area contributed by atoms with Crippen molar-refractivity contribution in [1.29, 1.82) is 0 Å². The molecule has 2 aromatic carbocycles. The first-order valence-corrected chi connectivity index (χ1v) is 7.70. The molecule has 0 aliphatic carbocycles. The van der Waals surface area contributed by atoms with Crippen molar-refractivity contribution in [3.63, 3.8) is 0 Å². The fourth-order valence-electron chi connectivity index (χ4n) is 2.34. The summed E-state index contributed by atoms with van der Waals surface area (Å²) in [6, 6.07) is 13.0. The normalized spacial score (nSPS) is 12.8. The van der Waals surface area contributed by atoms with E-state index in [1.807, 2.05) is 31.2 Å². The van der Waals surface area contributed by atoms with Crippen LogP contribution < -0.4 is 16.0 Å². The molecule has 136 valence electrons. The zero-order valence-electron chi connectivity index (χ0n) is 13.7. The van der Waals surface area contributed by atoms with E-state index in [-0.39, 0.29) is 11.8 Å². The van der Waals surface area contributed by atoms with Gasteiger partial charge in [-0.2, -0.15) is 0 Å². The Morgan fingerprint density at radius 2 is 1.73 bits per heavy atom. The van der Waals surface area contributed by atoms with Crippen LogP contribution in [-0.4, -0.2) is 21.1 Å². The first-order valence-electron chi connectivity index (χ1n) is 7.70. The summed E-state index contributed by atoms with van der Waals surface area (Å²) in [6.45, 7) is 1.94. The number of benzene rings is 2. The van der Waals surface area contributed by atoms with Crippen molar-refractivity contribution in [3.05, 3.63) is 60.4 Å². The van der Waals surface area contributed by atoms with E-state index < -0.39 is 6.36 Å². The number of hydrogen-bond acceptors (Lipinski definition) is 5. The molecular weight excluding hydrogens is 347 g/mol. The maximum atomic E-state index is 12.2. The van der Waals surface area contributed by atoms with Crippen LogP contribution in [0, 0.1) is 0 Å². The minimum Gasteiger partial charge on any atom is -0.406 e. The van der Waals surface area contributed by atoms with Crippen LogP contribution in [0.3, 0.4) is 0 Å². The van der Waals surface area contributed by atoms with Gasteiger partial charge in [0.25, 0.3) is 0 Å². The van der Waals surface area contributed by atoms with Gasteiger partial charge in [-0.1, -0.05) is 24.3 Å². The number of aromatic nitrogens is 3. The minimum absolute atomic E-state index is 0.0204. The highest BCUT2D eigenvalue weighted by atomic mass is 19.4. The van der Waals surface area contributed by atoms with Crippen molar-refractivity contribution in [3.8, 4) is 22.8 Å². The van der Waals surface area contributed by atoms with Gasteiger partial charge in [-0.3, -0.25) is 11.3 Å². The standard InChI is InChI=1S/C17H16F3N5O/c1-11(23-21)12-2-4-13(5-3-12)16-22-10-25(24-16)14-6-8-15(9-7-14)26-17(18,19)20/h2-11,23H,21H2,1H3. The molecule has 1 atom stereocenters. The van der Waals surface area contributed by atoms with E-state index in [4.69, 9.17) is 5.84 Å². The number of rotatable bonds is 5. The molecule has 0 fully saturated rings. The van der Waals surface area contributed by atoms with Crippen molar-refractivity contribution < 1.29 is 17.9 Å². The Bertz CT molecular complexity index is 859. The number of nitrogens with one attached hydrogen (secondary N) is 1. The predicted molar refractivity (Wildman–Crippen MR) is 89.2 cm³/mol. The van der Waals surface area contributed by atoms with Gasteiger partial charge in [0.15, 0.2) is 5.82 Å². The molecule has 3 aromatic rings. The van der Waals surface area contributed by atoms with Gasteiger partial charge in [0.2, 0.25) is 0 Å². The maximum absolute atomic E-state index is 12.2. The second-order valence-corrected chi connectivity index (χ2v) is 5.56. The Morgan fingerprint density at radius 1 is 1.08 bits per heavy atom. The van der Waals surface area contributed by atoms with Gasteiger partial charge in [0.1, 0.15) is 12.1 Å². The molecule has 1 heterocycles. The minimum atomic E-state index is -4.72. The van der Waals surface area contributed by atoms with E-state index in [0.717, 1.165) is 11.1 Å². The average Bonchev–Trinajstić information content (AvgIpc) is 3.10. The van der Waals surface area contributed by atoms with Crippen LogP contribution in [0.4, 0.5) is 13.2 Å². The zero-order valence-corrected chi connectivity index (χ0v) is 13.7. The number of alkyl halides is 3. The summed E-state index contributed by atoms with van der Waals surface area (Å²) in [6.07, 6.45) is -3.22. The third kappa shape index (κ3) is 4.19. The molecule has 0 bridgehead atoms. The Hall–Kier alpha value is -2.91. The van der Waals surface area contributed by atoms with Crippen LogP contribution in [0.5, 0.6) is 5.75 Å². The third-order valence-corrected chi connectivity index (χ3v) is 3.75. The predicted octanol–water partition coefficient (Wildman–Crippen LogP) is 3.36. The van der Waals surface area contributed by atoms with E-state index >= 15 is 0 Å². The molecule has 0 aliphatic heterocycles. The van der Waals surface area contributed by atoms with E-state index in [2.05, 4.69) is 20.2 Å². The summed E-state index contributed by atoms with van der Waals surface area (Å²) in [5, 5.41) is 4.35. The lowest BCUT2D eigenvalue weighted by Crippen LogP contribution is -2.25. The van der Waals surface area contributed by atoms with Crippen LogP contribution >= 0.6 is 0 Å². The van der Waals surface area contributed by atoms with Crippen molar-refractivity contribution in [2.24, 2.45) is 5.84 Å². The molecule has 0 saturated heterocycles. The summed E-state index contributed by atoms with van der Waals surface area (Å²) < 4.78 is 41.9. The van der Waals surface area contributed by atoms with Gasteiger partial charge in [-0.15, -0.1) is 18.3 Å². The van der Waals surface area contributed by atoms with Crippen molar-refractivity contribution in [1.82, 2.24) is 20.2 Å². The largest absolute Gasteiger partial charge is 0.573 e. The summed E-state index contributed by atoms with van der Waals surface area (Å²) in [4.78, 5) is 4.24. The monoisotopic (exact) mass is 363 g/mol. The van der Waals surface area contributed by atoms with E-state index in [1.165, 1.54) is 35.3 Å². The van der Waals surface area contributed by atoms with Gasteiger partial charge < -0.3 is 4.74 Å². The van der Waals surface area contributed by atoms with Gasteiger partial charge in [0, 0.05) is 11.6 Å². The lowest BCUT2D eigenvalue weighted by Gasteiger charge is -2.10. The lowest BCUT2D eigenvalue weighted by atomic mass is 10.1. The van der Waals surface area contributed by atoms with E-state index in [9.17, 15) is 13.2 Å². The highest BCUT2D eigenvalue weighted by Crippen LogP contribution is 2.24. The van der Waals surface area contributed by atoms with Crippen molar-refractivity contribution >= 4 is 0 Å². The molecule has 1 unspecified atom stereocenters. The third-order valence-electron chi connectivity index (χ3n) is 3.75. The highest BCUT2D eigenvalue weighted by molar-refractivity contribution is 5.55. The van der Waals surface area contributed by atoms with Crippen LogP contribution in [0.15, 0.2) is 54.9 Å². The van der Waals surface area contributed by atoms with Crippen LogP contribution in [0.1, 0.15) is 18.5 Å². The summed E-state index contributed by atoms with van der Waals surface area (Å²) in [7, 11) is 0. The molecule has 0 radical (unpaired) electrons. The molecule has 0 aliphatic rings. The maximum Gasteiger partial charge on any atom is 0.573 e. The number of nitrogens with two attached hydrogens (primary N) is 1. The van der Waals surface area contributed by atoms with E-state index in [1.54, 1.807) is 0 Å². The second-order valence-electron chi connectivity index (χ2n) is 5.56. The molecule has 0 amide bonds. The Balaban J connectivity index is 1.77. The van der Waals surface area contributed by atoms with Crippen LogP contribution in [0.2, 0.25) is 0 Å². The molecule has 3 N–H and O–H groups in total. The fraction of sp³-hybridized carbons (Fsp3) is 0.176. The van der Waals surface area contributed by atoms with Gasteiger partial charge in [0.05, 0.1) is 5.69 Å². The quantitative estimate of drug-likeness (QED) is 0.537. The number of nitrogens with zero attached hydrogens (tertiary/aromatic N) is 3. The number of hydrogen-bond donors (Lipinski definition) is 2. The zero-order chi connectivity index (χ0) is 18.7. The molecular formula is C17H16F3N5O. The highest BCUT2D eigenvalue weighted by Gasteiger charge is 2.30. The molecule has 1 aromatic heterocycles. The molecule has 3 rings (SSSR count). The molecule has 0 spiro atoms. The van der Waals surface area contributed by atoms with Crippen LogP contribution in [0.25, 0.3) is 17.1 Å². The Morgan fingerprint density at radius 3 is 2.31 bits per heavy atom.